The minimum Gasteiger partial charge on any atom is -0.488 e. The lowest BCUT2D eigenvalue weighted by Crippen LogP contribution is -2.32. The highest BCUT2D eigenvalue weighted by atomic mass is 19.4. The molecular formula is C11H12F3N3O4. The van der Waals surface area contributed by atoms with Crippen LogP contribution >= 0.6 is 0 Å². The molecule has 21 heavy (non-hydrogen) atoms. The number of hydrogen-bond donors (Lipinski definition) is 2. The molecule has 1 aromatic rings. The highest BCUT2D eigenvalue weighted by molar-refractivity contribution is 5.83. The van der Waals surface area contributed by atoms with E-state index in [1.807, 2.05) is 6.92 Å². The lowest BCUT2D eigenvalue weighted by Gasteiger charge is -2.06. The van der Waals surface area contributed by atoms with E-state index in [1.54, 1.807) is 12.1 Å². The zero-order valence-corrected chi connectivity index (χ0v) is 10.8. The third kappa shape index (κ3) is 3.97. The predicted molar refractivity (Wildman–Crippen MR) is 66.3 cm³/mol. The molecule has 0 radical (unpaired) electrons. The van der Waals surface area contributed by atoms with Crippen LogP contribution in [-0.2, 0) is 11.3 Å². The largest absolute Gasteiger partial charge is 0.490 e. The van der Waals surface area contributed by atoms with Crippen molar-refractivity contribution in [3.05, 3.63) is 28.2 Å². The van der Waals surface area contributed by atoms with Gasteiger partial charge < -0.3 is 15.6 Å². The maximum absolute atomic E-state index is 11.7. The predicted octanol–water partition coefficient (Wildman–Crippen LogP) is 0.557. The molecule has 7 nitrogen and oxygen atoms in total. The van der Waals surface area contributed by atoms with Crippen molar-refractivity contribution in [2.75, 3.05) is 6.61 Å². The molecule has 1 aromatic heterocycles. The van der Waals surface area contributed by atoms with Crippen LogP contribution in [0.5, 0.6) is 5.75 Å². The Morgan fingerprint density at radius 1 is 1.52 bits per heavy atom. The number of halogens is 3. The summed E-state index contributed by atoms with van der Waals surface area (Å²) in [6, 6.07) is 3.46. The van der Waals surface area contributed by atoms with Crippen molar-refractivity contribution in [2.24, 2.45) is 10.7 Å². The van der Waals surface area contributed by atoms with Crippen LogP contribution in [0.2, 0.25) is 0 Å². The number of ether oxygens (including phenoxy) is 1. The van der Waals surface area contributed by atoms with E-state index in [2.05, 4.69) is 4.99 Å². The molecule has 116 valence electrons. The summed E-state index contributed by atoms with van der Waals surface area (Å²) in [4.78, 5) is 24.6. The number of carboxylic acids is 1. The standard InChI is InChI=1S/C9H11N3O2.C2HF3O2/c1-2-14-7-4-3-6-5-11-9(10)12(6)8(7)13;3-2(4,5)1(6)7/h3-4H,2,5H2,1H3,(H2,10,11);(H,6,7). The smallest absolute Gasteiger partial charge is 0.488 e. The topological polar surface area (TPSA) is 107 Å². The third-order valence-electron chi connectivity index (χ3n) is 2.30. The van der Waals surface area contributed by atoms with Gasteiger partial charge in [-0.3, -0.25) is 4.79 Å². The number of nitrogens with two attached hydrogens (primary N) is 1. The van der Waals surface area contributed by atoms with Gasteiger partial charge in [0.05, 0.1) is 18.8 Å². The summed E-state index contributed by atoms with van der Waals surface area (Å²) in [5.41, 5.74) is 6.14. The molecule has 3 N–H and O–H groups in total. The van der Waals surface area contributed by atoms with Gasteiger partial charge in [-0.05, 0) is 19.1 Å². The van der Waals surface area contributed by atoms with Crippen LogP contribution in [-0.4, -0.2) is 34.4 Å². The summed E-state index contributed by atoms with van der Waals surface area (Å²) < 4.78 is 38.3. The molecule has 0 fully saturated rings. The maximum Gasteiger partial charge on any atom is 0.490 e. The van der Waals surface area contributed by atoms with Gasteiger partial charge in [-0.1, -0.05) is 0 Å². The van der Waals surface area contributed by atoms with Crippen LogP contribution in [0.3, 0.4) is 0 Å². The number of carbonyl (C=O) groups is 1. The van der Waals surface area contributed by atoms with Gasteiger partial charge in [0.1, 0.15) is 0 Å². The Bertz CT molecular complexity index is 622. The van der Waals surface area contributed by atoms with E-state index in [9.17, 15) is 18.0 Å². The fraction of sp³-hybridized carbons (Fsp3) is 0.364. The molecule has 0 saturated carbocycles. The first kappa shape index (κ1) is 16.5. The Labute approximate surface area is 116 Å². The average Bonchev–Trinajstić information content (AvgIpc) is 2.75. The quantitative estimate of drug-likeness (QED) is 0.830. The second kappa shape index (κ2) is 6.29. The lowest BCUT2D eigenvalue weighted by atomic mass is 10.3. The minimum atomic E-state index is -5.08. The number of alkyl halides is 3. The van der Waals surface area contributed by atoms with Crippen molar-refractivity contribution in [3.8, 4) is 5.75 Å². The van der Waals surface area contributed by atoms with Crippen molar-refractivity contribution in [1.82, 2.24) is 4.57 Å². The number of fused-ring (bicyclic) bond motifs is 1. The number of rotatable bonds is 2. The van der Waals surface area contributed by atoms with Crippen LogP contribution in [0.4, 0.5) is 13.2 Å². The van der Waals surface area contributed by atoms with Crippen LogP contribution in [0.1, 0.15) is 12.6 Å². The van der Waals surface area contributed by atoms with Gasteiger partial charge in [-0.25, -0.2) is 14.4 Å². The number of carboxylic acid groups (broad SMARTS) is 1. The van der Waals surface area contributed by atoms with Crippen molar-refractivity contribution in [1.29, 1.82) is 0 Å². The fourth-order valence-electron chi connectivity index (χ4n) is 1.43. The first-order valence-corrected chi connectivity index (χ1v) is 5.66. The molecule has 0 atom stereocenters. The van der Waals surface area contributed by atoms with Gasteiger partial charge in [-0.2, -0.15) is 13.2 Å². The fourth-order valence-corrected chi connectivity index (χ4v) is 1.43. The summed E-state index contributed by atoms with van der Waals surface area (Å²) >= 11 is 0. The summed E-state index contributed by atoms with van der Waals surface area (Å²) in [6.45, 7) is 2.76. The second-order valence-corrected chi connectivity index (χ2v) is 3.74. The maximum atomic E-state index is 11.7. The van der Waals surface area contributed by atoms with Crippen LogP contribution in [0, 0.1) is 0 Å². The van der Waals surface area contributed by atoms with Gasteiger partial charge in [0.2, 0.25) is 5.96 Å². The van der Waals surface area contributed by atoms with Crippen LogP contribution < -0.4 is 16.0 Å². The van der Waals surface area contributed by atoms with E-state index in [0.717, 1.165) is 5.69 Å². The molecule has 0 saturated heterocycles. The molecule has 0 aliphatic carbocycles. The zero-order chi connectivity index (χ0) is 16.2. The molecule has 0 amide bonds. The van der Waals surface area contributed by atoms with Gasteiger partial charge >= 0.3 is 12.1 Å². The molecule has 2 heterocycles. The molecular weight excluding hydrogens is 295 g/mol. The van der Waals surface area contributed by atoms with Gasteiger partial charge in [0.25, 0.3) is 5.56 Å². The molecule has 0 aromatic carbocycles. The van der Waals surface area contributed by atoms with Crippen molar-refractivity contribution in [2.45, 2.75) is 19.6 Å². The summed E-state index contributed by atoms with van der Waals surface area (Å²) in [6.07, 6.45) is -5.08. The Morgan fingerprint density at radius 3 is 2.57 bits per heavy atom. The number of hydrogen-bond acceptors (Lipinski definition) is 5. The van der Waals surface area contributed by atoms with Gasteiger partial charge in [0, 0.05) is 0 Å². The van der Waals surface area contributed by atoms with E-state index in [-0.39, 0.29) is 11.5 Å². The van der Waals surface area contributed by atoms with E-state index >= 15 is 0 Å². The third-order valence-corrected chi connectivity index (χ3v) is 2.30. The molecule has 1 aliphatic rings. The van der Waals surface area contributed by atoms with Crippen molar-refractivity contribution >= 4 is 11.9 Å². The number of aliphatic imine (C=N–C) groups is 1. The van der Waals surface area contributed by atoms with Crippen LogP contribution in [0.25, 0.3) is 0 Å². The summed E-state index contributed by atoms with van der Waals surface area (Å²) in [7, 11) is 0. The molecule has 0 bridgehead atoms. The van der Waals surface area contributed by atoms with E-state index in [0.29, 0.717) is 18.9 Å². The molecule has 0 spiro atoms. The molecule has 1 aliphatic heterocycles. The second-order valence-electron chi connectivity index (χ2n) is 3.74. The SMILES string of the molecule is CCOc1ccc2n(c1=O)C(N)=NC2.O=C(O)C(F)(F)F. The number of aromatic nitrogens is 1. The normalized spacial score (nSPS) is 12.9. The number of nitrogens with zero attached hydrogens (tertiary/aromatic N) is 2. The van der Waals surface area contributed by atoms with Gasteiger partial charge in [0.15, 0.2) is 5.75 Å². The lowest BCUT2D eigenvalue weighted by molar-refractivity contribution is -0.192. The van der Waals surface area contributed by atoms with E-state index < -0.39 is 12.1 Å². The molecule has 10 heteroatoms. The highest BCUT2D eigenvalue weighted by Gasteiger charge is 2.38. The Balaban J connectivity index is 0.000000270. The minimum absolute atomic E-state index is 0.233. The Morgan fingerprint density at radius 2 is 2.10 bits per heavy atom. The monoisotopic (exact) mass is 307 g/mol. The summed E-state index contributed by atoms with van der Waals surface area (Å²) in [5.74, 6) is -2.20. The first-order chi connectivity index (χ1) is 9.68. The van der Waals surface area contributed by atoms with E-state index in [1.165, 1.54) is 4.57 Å². The molecule has 2 rings (SSSR count). The van der Waals surface area contributed by atoms with Crippen LogP contribution in [0.15, 0.2) is 21.9 Å². The number of aliphatic carboxylic acids is 1. The average molecular weight is 307 g/mol. The first-order valence-electron chi connectivity index (χ1n) is 5.66. The number of pyridine rings is 1. The summed E-state index contributed by atoms with van der Waals surface area (Å²) in [5, 5.41) is 7.12. The van der Waals surface area contributed by atoms with Crippen molar-refractivity contribution < 1.29 is 27.8 Å². The zero-order valence-electron chi connectivity index (χ0n) is 10.8. The highest BCUT2D eigenvalue weighted by Crippen LogP contribution is 2.13. The van der Waals surface area contributed by atoms with Gasteiger partial charge in [-0.15, -0.1) is 0 Å². The Kier molecular flexibility index (Phi) is 4.95. The van der Waals surface area contributed by atoms with Crippen molar-refractivity contribution in [3.63, 3.8) is 0 Å². The van der Waals surface area contributed by atoms with E-state index in [4.69, 9.17) is 20.4 Å². The molecule has 0 unspecified atom stereocenters. The Hall–Kier alpha value is -2.52.